The summed E-state index contributed by atoms with van der Waals surface area (Å²) >= 11 is 0. The van der Waals surface area contributed by atoms with Gasteiger partial charge in [0.2, 0.25) is 5.95 Å². The third-order valence-corrected chi connectivity index (χ3v) is 8.28. The maximum atomic E-state index is 12.1. The molecule has 0 bridgehead atoms. The summed E-state index contributed by atoms with van der Waals surface area (Å²) in [7, 11) is -16.9. The van der Waals surface area contributed by atoms with E-state index in [0.717, 1.165) is 4.57 Å². The lowest BCUT2D eigenvalue weighted by molar-refractivity contribution is -0.0716. The van der Waals surface area contributed by atoms with Crippen molar-refractivity contribution in [2.24, 2.45) is 0 Å². The van der Waals surface area contributed by atoms with Gasteiger partial charge in [0.1, 0.15) is 12.2 Å². The number of fused-ring (bicyclic) bond motifs is 1. The predicted octanol–water partition coefficient (Wildman–Crippen LogP) is -1.34. The molecule has 6 atom stereocenters. The Morgan fingerprint density at radius 1 is 1.26 bits per heavy atom. The molecule has 3 rings (SSSR count). The van der Waals surface area contributed by atoms with Gasteiger partial charge in [-0.3, -0.25) is 14.3 Å². The second kappa shape index (κ2) is 9.51. The number of hydrogen-bond donors (Lipinski definition) is 8. The van der Waals surface area contributed by atoms with E-state index >= 15 is 0 Å². The summed E-state index contributed by atoms with van der Waals surface area (Å²) in [5, 5.41) is 21.8. The average Bonchev–Trinajstić information content (AvgIpc) is 3.17. The van der Waals surface area contributed by atoms with Crippen LogP contribution in [0.25, 0.3) is 11.0 Å². The summed E-state index contributed by atoms with van der Waals surface area (Å²) in [4.78, 5) is 54.3. The fourth-order valence-electron chi connectivity index (χ4n) is 3.24. The van der Waals surface area contributed by atoms with Crippen molar-refractivity contribution in [1.82, 2.24) is 14.5 Å². The van der Waals surface area contributed by atoms with Crippen LogP contribution in [0.3, 0.4) is 0 Å². The molecule has 0 saturated carbocycles. The van der Waals surface area contributed by atoms with Crippen LogP contribution in [0.5, 0.6) is 0 Å². The van der Waals surface area contributed by atoms with Crippen molar-refractivity contribution in [1.29, 1.82) is 0 Å². The number of phosphoric acid groups is 3. The third kappa shape index (κ3) is 6.08. The topological polar surface area (TPSA) is 286 Å². The molecule has 1 aliphatic heterocycles. The number of nitrogens with two attached hydrogens (primary N) is 1. The Kier molecular flexibility index (Phi) is 7.51. The van der Waals surface area contributed by atoms with Crippen LogP contribution in [0, 0.1) is 11.8 Å². The molecule has 2 aromatic rings. The van der Waals surface area contributed by atoms with Gasteiger partial charge in [0.15, 0.2) is 17.5 Å². The Morgan fingerprint density at radius 3 is 2.51 bits per heavy atom. The van der Waals surface area contributed by atoms with Crippen LogP contribution in [0.1, 0.15) is 13.2 Å². The average molecular weight is 560 g/mol. The van der Waals surface area contributed by atoms with Crippen LogP contribution >= 0.6 is 23.5 Å². The van der Waals surface area contributed by atoms with E-state index in [1.54, 1.807) is 0 Å². The highest BCUT2D eigenvalue weighted by molar-refractivity contribution is 7.66. The highest BCUT2D eigenvalue weighted by Crippen LogP contribution is 2.66. The van der Waals surface area contributed by atoms with Gasteiger partial charge in [0.25, 0.3) is 5.56 Å². The molecule has 0 radical (unpaired) electrons. The number of aliphatic hydroxyl groups is 2. The molecular weight excluding hydrogens is 541 g/mol. The van der Waals surface area contributed by atoms with Crippen LogP contribution in [-0.4, -0.2) is 68.7 Å². The fraction of sp³-hybridized carbons (Fsp3) is 0.429. The van der Waals surface area contributed by atoms with Crippen LogP contribution < -0.4 is 11.3 Å². The minimum absolute atomic E-state index is 0.0424. The normalized spacial score (nSPS) is 28.3. The van der Waals surface area contributed by atoms with Crippen LogP contribution in [-0.2, 0) is 31.6 Å². The van der Waals surface area contributed by atoms with Crippen molar-refractivity contribution >= 4 is 40.4 Å². The number of aliphatic hydroxyl groups excluding tert-OH is 1. The van der Waals surface area contributed by atoms with E-state index in [0.29, 0.717) is 0 Å². The fourth-order valence-corrected chi connectivity index (χ4v) is 6.27. The quantitative estimate of drug-likeness (QED) is 0.137. The SMILES string of the molecule is CC#CC1(O)[C@@H](O)[C@@H](COP(=O)(O)OP(=O)(O)OP(=O)(O)O)O[C@H]1n1ccc2c(=O)[nH]c(N)nc21. The first kappa shape index (κ1) is 27.7. The van der Waals surface area contributed by atoms with Crippen molar-refractivity contribution < 1.29 is 61.4 Å². The smallest absolute Gasteiger partial charge is 0.386 e. The van der Waals surface area contributed by atoms with Crippen molar-refractivity contribution in [3.05, 3.63) is 22.6 Å². The number of nitrogens with zero attached hydrogens (tertiary/aromatic N) is 2. The molecule has 1 fully saturated rings. The Hall–Kier alpha value is -1.93. The minimum atomic E-state index is -5.77. The lowest BCUT2D eigenvalue weighted by Crippen LogP contribution is -2.46. The van der Waals surface area contributed by atoms with Gasteiger partial charge in [-0.2, -0.15) is 13.6 Å². The highest BCUT2D eigenvalue weighted by Gasteiger charge is 2.56. The van der Waals surface area contributed by atoms with E-state index in [1.165, 1.54) is 19.2 Å². The first-order valence-corrected chi connectivity index (χ1v) is 13.6. The largest absolute Gasteiger partial charge is 0.490 e. The lowest BCUT2D eigenvalue weighted by atomic mass is 9.94. The van der Waals surface area contributed by atoms with E-state index in [-0.39, 0.29) is 17.0 Å². The van der Waals surface area contributed by atoms with Crippen molar-refractivity contribution in [2.75, 3.05) is 12.3 Å². The maximum Gasteiger partial charge on any atom is 0.490 e. The van der Waals surface area contributed by atoms with E-state index in [2.05, 4.69) is 35.0 Å². The van der Waals surface area contributed by atoms with E-state index in [9.17, 15) is 38.5 Å². The van der Waals surface area contributed by atoms with Gasteiger partial charge in [0.05, 0.1) is 12.0 Å². The highest BCUT2D eigenvalue weighted by atomic mass is 31.3. The number of aromatic amines is 1. The van der Waals surface area contributed by atoms with Gasteiger partial charge in [-0.1, -0.05) is 5.92 Å². The summed E-state index contributed by atoms with van der Waals surface area (Å²) in [5.41, 5.74) is 2.50. The van der Waals surface area contributed by atoms with Crippen molar-refractivity contribution in [3.63, 3.8) is 0 Å². The zero-order valence-corrected chi connectivity index (χ0v) is 20.0. The van der Waals surface area contributed by atoms with Crippen LogP contribution in [0.2, 0.25) is 0 Å². The molecule has 3 unspecified atom stereocenters. The summed E-state index contributed by atoms with van der Waals surface area (Å²) in [5.74, 6) is 4.47. The molecule has 18 nitrogen and oxygen atoms in total. The molecule has 3 heterocycles. The lowest BCUT2D eigenvalue weighted by Gasteiger charge is -2.26. The van der Waals surface area contributed by atoms with Crippen LogP contribution in [0.4, 0.5) is 5.95 Å². The van der Waals surface area contributed by atoms with Gasteiger partial charge in [-0.25, -0.2) is 13.7 Å². The maximum absolute atomic E-state index is 12.1. The van der Waals surface area contributed by atoms with Crippen molar-refractivity contribution in [3.8, 4) is 11.8 Å². The molecule has 1 aliphatic rings. The molecule has 1 saturated heterocycles. The molecule has 194 valence electrons. The van der Waals surface area contributed by atoms with Gasteiger partial charge in [0, 0.05) is 6.20 Å². The number of aromatic nitrogens is 3. The summed E-state index contributed by atoms with van der Waals surface area (Å²) in [6.07, 6.45) is -3.85. The number of nitrogens with one attached hydrogen (secondary N) is 1. The third-order valence-electron chi connectivity index (χ3n) is 4.48. The van der Waals surface area contributed by atoms with Gasteiger partial charge in [-0.15, -0.1) is 5.92 Å². The Balaban J connectivity index is 1.87. The summed E-state index contributed by atoms with van der Waals surface area (Å²) in [6, 6.07) is 1.32. The zero-order valence-electron chi connectivity index (χ0n) is 17.4. The minimum Gasteiger partial charge on any atom is -0.386 e. The van der Waals surface area contributed by atoms with E-state index in [4.69, 9.17) is 20.3 Å². The van der Waals surface area contributed by atoms with Crippen LogP contribution in [0.15, 0.2) is 17.1 Å². The Labute approximate surface area is 194 Å². The number of anilines is 1. The molecule has 2 aromatic heterocycles. The molecule has 21 heteroatoms. The number of rotatable bonds is 8. The van der Waals surface area contributed by atoms with Gasteiger partial charge in [-0.05, 0) is 13.0 Å². The Morgan fingerprint density at radius 2 is 1.91 bits per heavy atom. The monoisotopic (exact) mass is 560 g/mol. The van der Waals surface area contributed by atoms with E-state index in [1.807, 2.05) is 0 Å². The summed E-state index contributed by atoms with van der Waals surface area (Å²) in [6.45, 7) is 0.264. The molecular formula is C14H19N4O14P3. The van der Waals surface area contributed by atoms with Gasteiger partial charge >= 0.3 is 23.5 Å². The second-order valence-electron chi connectivity index (χ2n) is 6.97. The predicted molar refractivity (Wildman–Crippen MR) is 113 cm³/mol. The number of nitrogen functional groups attached to an aromatic ring is 1. The molecule has 0 aliphatic carbocycles. The first-order valence-electron chi connectivity index (χ1n) is 9.12. The summed E-state index contributed by atoms with van der Waals surface area (Å²) < 4.78 is 52.5. The number of ether oxygens (including phenoxy) is 1. The second-order valence-corrected chi connectivity index (χ2v) is 11.4. The standard InChI is InChI=1S/C14H19N4O14P3/c1-2-4-14(21)9(19)8(6-29-34(25,26)32-35(27,28)31-33(22,23)24)30-12(14)18-5-3-7-10(18)16-13(15)17-11(7)20/h3,5,8-9,12,19,21H,6H2,1H3,(H,25,26)(H,27,28)(H2,22,23,24)(H3,15,16,17,20)/t8-,9+,12-,14?/m1/s1. The molecule has 0 spiro atoms. The molecule has 9 N–H and O–H groups in total. The van der Waals surface area contributed by atoms with Crippen molar-refractivity contribution in [2.45, 2.75) is 31.0 Å². The molecule has 35 heavy (non-hydrogen) atoms. The first-order chi connectivity index (χ1) is 16.0. The Bertz CT molecular complexity index is 1390. The molecule has 0 aromatic carbocycles. The van der Waals surface area contributed by atoms with Gasteiger partial charge < -0.3 is 44.8 Å². The number of phosphoric ester groups is 1. The number of hydrogen-bond acceptors (Lipinski definition) is 12. The molecule has 0 amide bonds. The van der Waals surface area contributed by atoms with E-state index < -0.39 is 59.7 Å². The zero-order chi connectivity index (χ0) is 26.4. The number of H-pyrrole nitrogens is 1.